The number of alkyl carbamates (subject to hydrolysis) is 1. The monoisotopic (exact) mass is 517 g/mol. The highest BCUT2D eigenvalue weighted by Gasteiger charge is 2.49. The molecule has 1 aromatic rings. The summed E-state index contributed by atoms with van der Waals surface area (Å²) >= 11 is 0. The van der Waals surface area contributed by atoms with Crippen LogP contribution in [-0.2, 0) is 23.8 Å². The molecule has 0 aromatic heterocycles. The number of benzene rings is 1. The number of carbonyl (C=O) groups is 3. The van der Waals surface area contributed by atoms with Crippen molar-refractivity contribution in [2.24, 2.45) is 5.41 Å². The number of rotatable bonds is 10. The average molecular weight is 518 g/mol. The van der Waals surface area contributed by atoms with Crippen LogP contribution in [0.4, 0.5) is 9.59 Å². The van der Waals surface area contributed by atoms with Crippen LogP contribution in [0.3, 0.4) is 0 Å². The van der Waals surface area contributed by atoms with Gasteiger partial charge in [-0.2, -0.15) is 0 Å². The number of amides is 2. The molecule has 2 amide bonds. The third-order valence-corrected chi connectivity index (χ3v) is 7.32. The first kappa shape index (κ1) is 27.3. The highest BCUT2D eigenvalue weighted by atomic mass is 16.8. The Labute approximate surface area is 218 Å². The van der Waals surface area contributed by atoms with Gasteiger partial charge in [0.1, 0.15) is 12.2 Å². The Morgan fingerprint density at radius 2 is 1.95 bits per heavy atom. The van der Waals surface area contributed by atoms with Gasteiger partial charge in [0.25, 0.3) is 0 Å². The maximum atomic E-state index is 13.2. The van der Waals surface area contributed by atoms with Crippen molar-refractivity contribution in [3.8, 4) is 0 Å². The van der Waals surface area contributed by atoms with Crippen molar-refractivity contribution in [1.29, 1.82) is 0 Å². The number of unbranched alkanes of at least 4 members (excludes halogenated alkanes) is 1. The molecule has 3 saturated heterocycles. The Balaban J connectivity index is 1.32. The Bertz CT molecular complexity index is 951. The fourth-order valence-electron chi connectivity index (χ4n) is 4.87. The minimum absolute atomic E-state index is 0.0882. The van der Waals surface area contributed by atoms with Gasteiger partial charge in [-0.05, 0) is 18.9 Å². The van der Waals surface area contributed by atoms with Gasteiger partial charge < -0.3 is 24.4 Å². The highest BCUT2D eigenvalue weighted by molar-refractivity contribution is 5.91. The number of ether oxygens (including phenoxy) is 3. The second-order valence-electron chi connectivity index (χ2n) is 10.8. The molecule has 1 N–H and O–H groups in total. The van der Waals surface area contributed by atoms with Crippen LogP contribution in [-0.4, -0.2) is 78.7 Å². The van der Waals surface area contributed by atoms with Crippen molar-refractivity contribution in [3.05, 3.63) is 35.9 Å². The topological polar surface area (TPSA) is 110 Å². The lowest BCUT2D eigenvalue weighted by Crippen LogP contribution is -2.46. The summed E-state index contributed by atoms with van der Waals surface area (Å²) in [4.78, 5) is 46.0. The van der Waals surface area contributed by atoms with E-state index in [0.29, 0.717) is 32.6 Å². The summed E-state index contributed by atoms with van der Waals surface area (Å²) in [6.45, 7) is 9.52. The molecule has 0 bridgehead atoms. The maximum Gasteiger partial charge on any atom is 0.410 e. The van der Waals surface area contributed by atoms with E-state index in [-0.39, 0.29) is 24.5 Å². The van der Waals surface area contributed by atoms with Crippen LogP contribution in [0.1, 0.15) is 65.0 Å². The molecule has 0 aliphatic carbocycles. The van der Waals surface area contributed by atoms with Crippen molar-refractivity contribution in [2.75, 3.05) is 26.3 Å². The van der Waals surface area contributed by atoms with E-state index in [2.05, 4.69) is 5.32 Å². The first-order valence-electron chi connectivity index (χ1n) is 13.2. The minimum atomic E-state index is -0.724. The van der Waals surface area contributed by atoms with E-state index in [0.717, 1.165) is 18.4 Å². The van der Waals surface area contributed by atoms with E-state index in [1.807, 2.05) is 58.0 Å². The zero-order chi connectivity index (χ0) is 26.6. The predicted molar refractivity (Wildman–Crippen MR) is 134 cm³/mol. The van der Waals surface area contributed by atoms with E-state index in [1.54, 1.807) is 9.96 Å². The molecule has 37 heavy (non-hydrogen) atoms. The Morgan fingerprint density at radius 3 is 2.62 bits per heavy atom. The molecule has 3 aliphatic heterocycles. The molecule has 0 radical (unpaired) electrons. The van der Waals surface area contributed by atoms with E-state index in [1.165, 1.54) is 0 Å². The van der Waals surface area contributed by atoms with Crippen LogP contribution in [0.15, 0.2) is 30.3 Å². The zero-order valence-electron chi connectivity index (χ0n) is 22.2. The lowest BCUT2D eigenvalue weighted by atomic mass is 9.90. The fraction of sp³-hybridized carbons (Fsp3) is 0.667. The smallest absolute Gasteiger partial charge is 0.410 e. The predicted octanol–water partition coefficient (Wildman–Crippen LogP) is 3.81. The molecule has 0 saturated carbocycles. The van der Waals surface area contributed by atoms with Crippen LogP contribution in [0.25, 0.3) is 0 Å². The van der Waals surface area contributed by atoms with Gasteiger partial charge in [0.05, 0.1) is 31.8 Å². The second kappa shape index (κ2) is 11.8. The number of hydroxylamine groups is 2. The molecule has 204 valence electrons. The van der Waals surface area contributed by atoms with Crippen LogP contribution in [0.5, 0.6) is 0 Å². The molecule has 4 rings (SSSR count). The van der Waals surface area contributed by atoms with Gasteiger partial charge in [-0.3, -0.25) is 9.63 Å². The molecule has 10 heteroatoms. The molecule has 1 aromatic carbocycles. The Kier molecular flexibility index (Phi) is 8.71. The summed E-state index contributed by atoms with van der Waals surface area (Å²) in [5, 5.41) is 4.43. The first-order chi connectivity index (χ1) is 17.7. The molecule has 6 atom stereocenters. The van der Waals surface area contributed by atoms with Gasteiger partial charge in [0, 0.05) is 18.4 Å². The lowest BCUT2D eigenvalue weighted by molar-refractivity contribution is -0.122. The number of ketones is 1. The van der Waals surface area contributed by atoms with Crippen molar-refractivity contribution in [1.82, 2.24) is 15.3 Å². The summed E-state index contributed by atoms with van der Waals surface area (Å²) in [6, 6.07) is 9.00. The van der Waals surface area contributed by atoms with Crippen molar-refractivity contribution < 1.29 is 33.4 Å². The van der Waals surface area contributed by atoms with Gasteiger partial charge in [-0.1, -0.05) is 63.9 Å². The van der Waals surface area contributed by atoms with Gasteiger partial charge in [-0.25, -0.2) is 9.59 Å². The number of carbonyl (C=O) groups excluding carboxylic acids is 3. The number of nitrogens with one attached hydrogen (secondary N) is 1. The molecule has 10 nitrogen and oxygen atoms in total. The fourth-order valence-corrected chi connectivity index (χ4v) is 4.87. The number of hydrogen-bond donors (Lipinski definition) is 1. The normalized spacial score (nSPS) is 27.8. The molecular formula is C27H39N3O7. The molecule has 3 heterocycles. The van der Waals surface area contributed by atoms with Gasteiger partial charge in [0.15, 0.2) is 0 Å². The van der Waals surface area contributed by atoms with Crippen molar-refractivity contribution >= 4 is 18.0 Å². The zero-order valence-corrected chi connectivity index (χ0v) is 22.2. The third kappa shape index (κ3) is 6.80. The van der Waals surface area contributed by atoms with E-state index < -0.39 is 36.0 Å². The SMILES string of the molecule is CCCCC(NC(=O)O[C@@H]1CN(C(=O)O[C@H]2CCOC2)CC1(C)C)C(=O)C1ON1[C@H](C)c1ccccc1. The van der Waals surface area contributed by atoms with E-state index in [4.69, 9.17) is 19.0 Å². The molecule has 0 spiro atoms. The van der Waals surface area contributed by atoms with Crippen LogP contribution in [0.2, 0.25) is 0 Å². The van der Waals surface area contributed by atoms with Gasteiger partial charge in [-0.15, -0.1) is 5.06 Å². The summed E-state index contributed by atoms with van der Waals surface area (Å²) in [5.74, 6) is -0.192. The van der Waals surface area contributed by atoms with E-state index in [9.17, 15) is 14.4 Å². The Hall–Kier alpha value is -2.69. The third-order valence-electron chi connectivity index (χ3n) is 7.32. The quantitative estimate of drug-likeness (QED) is 0.467. The number of hydrogen-bond acceptors (Lipinski definition) is 8. The van der Waals surface area contributed by atoms with Gasteiger partial charge in [0.2, 0.25) is 12.0 Å². The largest absolute Gasteiger partial charge is 0.444 e. The number of likely N-dealkylation sites (tertiary alicyclic amines) is 1. The summed E-state index contributed by atoms with van der Waals surface area (Å²) in [7, 11) is 0. The highest BCUT2D eigenvalue weighted by Crippen LogP contribution is 2.35. The summed E-state index contributed by atoms with van der Waals surface area (Å²) < 4.78 is 16.5. The standard InChI is InChI=1S/C27H39N3O7/c1-5-6-12-21(23(31)24-30(37-24)18(2)19-10-8-7-9-11-19)28-25(32)36-22-15-29(17-27(22,3)4)26(33)35-20-13-14-34-16-20/h7-11,18,20-22,24H,5-6,12-17H2,1-4H3,(H,28,32)/t18-,20+,21?,22-,24?,30?/m1/s1. The van der Waals surface area contributed by atoms with Crippen LogP contribution >= 0.6 is 0 Å². The minimum Gasteiger partial charge on any atom is -0.444 e. The van der Waals surface area contributed by atoms with Crippen molar-refractivity contribution in [3.63, 3.8) is 0 Å². The molecular weight excluding hydrogens is 478 g/mol. The Morgan fingerprint density at radius 1 is 1.19 bits per heavy atom. The first-order valence-corrected chi connectivity index (χ1v) is 13.2. The van der Waals surface area contributed by atoms with Crippen LogP contribution in [0, 0.1) is 5.41 Å². The van der Waals surface area contributed by atoms with E-state index >= 15 is 0 Å². The number of nitrogens with zero attached hydrogens (tertiary/aromatic N) is 2. The number of Topliss-reactive ketones (excluding diaryl/α,β-unsaturated/α-hetero) is 1. The molecule has 3 fully saturated rings. The average Bonchev–Trinajstić information content (AvgIpc) is 3.40. The van der Waals surface area contributed by atoms with Crippen molar-refractivity contribution in [2.45, 2.75) is 83.9 Å². The van der Waals surface area contributed by atoms with Crippen LogP contribution < -0.4 is 5.32 Å². The lowest BCUT2D eigenvalue weighted by Gasteiger charge is -2.26. The molecule has 3 aliphatic rings. The summed E-state index contributed by atoms with van der Waals surface area (Å²) in [5.41, 5.74) is 0.578. The molecule has 3 unspecified atom stereocenters. The maximum absolute atomic E-state index is 13.2. The van der Waals surface area contributed by atoms with Gasteiger partial charge >= 0.3 is 12.2 Å². The summed E-state index contributed by atoms with van der Waals surface area (Å²) in [6.07, 6.45) is 0.265. The second-order valence-corrected chi connectivity index (χ2v) is 10.8.